The molecular weight excluding hydrogens is 304 g/mol. The molecule has 1 aliphatic rings. The summed E-state index contributed by atoms with van der Waals surface area (Å²) in [5.41, 5.74) is -0.146. The highest BCUT2D eigenvalue weighted by Crippen LogP contribution is 2.39. The number of ketones is 1. The van der Waals surface area contributed by atoms with Gasteiger partial charge in [0.25, 0.3) is 0 Å². The van der Waals surface area contributed by atoms with Crippen LogP contribution in [0.3, 0.4) is 0 Å². The van der Waals surface area contributed by atoms with Crippen LogP contribution < -0.4 is 4.90 Å². The summed E-state index contributed by atoms with van der Waals surface area (Å²) < 4.78 is 23.0. The van der Waals surface area contributed by atoms with Crippen molar-refractivity contribution in [2.24, 2.45) is 0 Å². The number of carbonyl (C=O) groups excluding carboxylic acids is 1. The van der Waals surface area contributed by atoms with E-state index >= 15 is 0 Å². The molecule has 7 nitrogen and oxygen atoms in total. The fourth-order valence-corrected chi connectivity index (χ4v) is 5.00. The predicted molar refractivity (Wildman–Crippen MR) is 76.4 cm³/mol. The van der Waals surface area contributed by atoms with E-state index in [1.54, 1.807) is 11.9 Å². The van der Waals surface area contributed by atoms with Crippen LogP contribution >= 0.6 is 11.3 Å². The molecule has 0 aliphatic carbocycles. The maximum Gasteiger partial charge on any atom is 0.304 e. The van der Waals surface area contributed by atoms with Gasteiger partial charge in [0.2, 0.25) is 0 Å². The van der Waals surface area contributed by atoms with Crippen LogP contribution in [0.25, 0.3) is 0 Å². The first kappa shape index (κ1) is 14.9. The van der Waals surface area contributed by atoms with E-state index in [1.807, 2.05) is 0 Å². The van der Waals surface area contributed by atoms with E-state index in [4.69, 9.17) is 0 Å². The highest BCUT2D eigenvalue weighted by atomic mass is 32.2. The van der Waals surface area contributed by atoms with E-state index in [1.165, 1.54) is 13.0 Å². The van der Waals surface area contributed by atoms with Crippen molar-refractivity contribution < 1.29 is 18.1 Å². The summed E-state index contributed by atoms with van der Waals surface area (Å²) in [5.74, 6) is -0.147. The molecule has 2 rings (SSSR count). The lowest BCUT2D eigenvalue weighted by atomic mass is 10.2. The number of sulfone groups is 1. The van der Waals surface area contributed by atoms with Gasteiger partial charge in [-0.1, -0.05) is 0 Å². The fraction of sp³-hybridized carbons (Fsp3) is 0.545. The monoisotopic (exact) mass is 318 g/mol. The number of hydrogen-bond donors (Lipinski definition) is 0. The van der Waals surface area contributed by atoms with Crippen molar-refractivity contribution in [3.05, 3.63) is 21.1 Å². The molecule has 1 aromatic rings. The second-order valence-corrected chi connectivity index (χ2v) is 8.04. The Hall–Kier alpha value is -1.48. The molecule has 2 heterocycles. The van der Waals surface area contributed by atoms with Gasteiger partial charge in [0.1, 0.15) is 0 Å². The number of Topliss-reactive ketones (excluding diaryl/α,β-unsaturated/α-hetero) is 1. The molecular formula is C11H14N2O5S2. The minimum Gasteiger partial charge on any atom is -0.357 e. The predicted octanol–water partition coefficient (Wildman–Crippen LogP) is 1.48. The maximum atomic E-state index is 11.5. The number of anilines is 1. The Balaban J connectivity index is 2.36. The Morgan fingerprint density at radius 3 is 2.65 bits per heavy atom. The summed E-state index contributed by atoms with van der Waals surface area (Å²) in [5, 5.41) is 11.4. The van der Waals surface area contributed by atoms with Gasteiger partial charge in [-0.25, -0.2) is 8.42 Å². The Bertz CT molecular complexity index is 664. The van der Waals surface area contributed by atoms with E-state index < -0.39 is 14.8 Å². The molecule has 0 aromatic carbocycles. The van der Waals surface area contributed by atoms with Gasteiger partial charge in [0.15, 0.2) is 20.6 Å². The number of hydrogen-bond acceptors (Lipinski definition) is 7. The summed E-state index contributed by atoms with van der Waals surface area (Å²) >= 11 is 1.03. The molecule has 1 aliphatic heterocycles. The van der Waals surface area contributed by atoms with E-state index in [0.29, 0.717) is 16.3 Å². The average Bonchev–Trinajstić information content (AvgIpc) is 2.91. The van der Waals surface area contributed by atoms with E-state index in [2.05, 4.69) is 0 Å². The number of rotatable bonds is 4. The molecule has 1 saturated heterocycles. The van der Waals surface area contributed by atoms with E-state index in [-0.39, 0.29) is 29.0 Å². The van der Waals surface area contributed by atoms with Crippen LogP contribution in [-0.2, 0) is 9.84 Å². The van der Waals surface area contributed by atoms with Crippen LogP contribution in [0.5, 0.6) is 0 Å². The fourth-order valence-electron chi connectivity index (χ4n) is 2.18. The minimum atomic E-state index is -3.06. The van der Waals surface area contributed by atoms with Crippen LogP contribution in [0.1, 0.15) is 23.0 Å². The van der Waals surface area contributed by atoms with Crippen molar-refractivity contribution in [2.75, 3.05) is 23.5 Å². The standard InChI is InChI=1S/C11H14N2O5S2/c1-7(14)10-5-9(13(15)16)11(19-10)12(2)8-3-4-20(17,18)6-8/h5,8H,3-4,6H2,1-2H3. The summed E-state index contributed by atoms with van der Waals surface area (Å²) in [7, 11) is -1.43. The van der Waals surface area contributed by atoms with Crippen LogP contribution in [-0.4, -0.2) is 43.7 Å². The molecule has 1 fully saturated rings. The molecule has 110 valence electrons. The first-order valence-electron chi connectivity index (χ1n) is 5.93. The number of nitrogens with zero attached hydrogens (tertiary/aromatic N) is 2. The second-order valence-electron chi connectivity index (χ2n) is 4.78. The largest absolute Gasteiger partial charge is 0.357 e. The quantitative estimate of drug-likeness (QED) is 0.474. The van der Waals surface area contributed by atoms with Gasteiger partial charge in [-0.2, -0.15) is 0 Å². The SMILES string of the molecule is CC(=O)c1cc([N+](=O)[O-])c(N(C)C2CCS(=O)(=O)C2)s1. The molecule has 1 atom stereocenters. The Kier molecular flexibility index (Phi) is 3.83. The number of nitro groups is 1. The Labute approximate surface area is 120 Å². The van der Waals surface area contributed by atoms with Crippen molar-refractivity contribution >= 4 is 37.6 Å². The van der Waals surface area contributed by atoms with Gasteiger partial charge in [0.05, 0.1) is 21.3 Å². The molecule has 9 heteroatoms. The van der Waals surface area contributed by atoms with Gasteiger partial charge < -0.3 is 4.90 Å². The molecule has 0 N–H and O–H groups in total. The first-order chi connectivity index (χ1) is 9.21. The number of carbonyl (C=O) groups is 1. The van der Waals surface area contributed by atoms with Crippen LogP contribution in [0.2, 0.25) is 0 Å². The molecule has 20 heavy (non-hydrogen) atoms. The first-order valence-corrected chi connectivity index (χ1v) is 8.57. The smallest absolute Gasteiger partial charge is 0.304 e. The molecule has 0 saturated carbocycles. The molecule has 0 bridgehead atoms. The van der Waals surface area contributed by atoms with E-state index in [9.17, 15) is 23.3 Å². The highest BCUT2D eigenvalue weighted by molar-refractivity contribution is 7.91. The zero-order valence-electron chi connectivity index (χ0n) is 11.0. The zero-order valence-corrected chi connectivity index (χ0v) is 12.7. The average molecular weight is 318 g/mol. The van der Waals surface area contributed by atoms with Crippen molar-refractivity contribution in [1.82, 2.24) is 0 Å². The Morgan fingerprint density at radius 2 is 2.20 bits per heavy atom. The van der Waals surface area contributed by atoms with Crippen molar-refractivity contribution in [3.8, 4) is 0 Å². The van der Waals surface area contributed by atoms with Crippen molar-refractivity contribution in [1.29, 1.82) is 0 Å². The van der Waals surface area contributed by atoms with Crippen LogP contribution in [0.4, 0.5) is 10.7 Å². The normalized spacial score (nSPS) is 20.8. The lowest BCUT2D eigenvalue weighted by Gasteiger charge is -2.23. The summed E-state index contributed by atoms with van der Waals surface area (Å²) in [6, 6.07) is 0.972. The van der Waals surface area contributed by atoms with E-state index in [0.717, 1.165) is 11.3 Å². The van der Waals surface area contributed by atoms with Gasteiger partial charge in [-0.3, -0.25) is 14.9 Å². The summed E-state index contributed by atoms with van der Waals surface area (Å²) in [6.45, 7) is 1.35. The van der Waals surface area contributed by atoms with Crippen LogP contribution in [0.15, 0.2) is 6.07 Å². The lowest BCUT2D eigenvalue weighted by Crippen LogP contribution is -2.32. The third kappa shape index (κ3) is 2.83. The van der Waals surface area contributed by atoms with Crippen LogP contribution in [0, 0.1) is 10.1 Å². The van der Waals surface area contributed by atoms with Crippen molar-refractivity contribution in [2.45, 2.75) is 19.4 Å². The minimum absolute atomic E-state index is 0.00599. The summed E-state index contributed by atoms with van der Waals surface area (Å²) in [6.07, 6.45) is 0.448. The molecule has 0 spiro atoms. The zero-order chi connectivity index (χ0) is 15.1. The van der Waals surface area contributed by atoms with Crippen molar-refractivity contribution in [3.63, 3.8) is 0 Å². The highest BCUT2D eigenvalue weighted by Gasteiger charge is 2.34. The topological polar surface area (TPSA) is 97.6 Å². The van der Waals surface area contributed by atoms with Gasteiger partial charge in [-0.15, -0.1) is 11.3 Å². The third-order valence-corrected chi connectivity index (χ3v) is 6.38. The summed E-state index contributed by atoms with van der Waals surface area (Å²) in [4.78, 5) is 23.8. The molecule has 1 aromatic heterocycles. The second kappa shape index (κ2) is 5.13. The third-order valence-electron chi connectivity index (χ3n) is 3.31. The Morgan fingerprint density at radius 1 is 1.55 bits per heavy atom. The van der Waals surface area contributed by atoms with Gasteiger partial charge in [-0.05, 0) is 13.3 Å². The lowest BCUT2D eigenvalue weighted by molar-refractivity contribution is -0.383. The molecule has 1 unspecified atom stereocenters. The molecule has 0 amide bonds. The number of thiophene rings is 1. The van der Waals surface area contributed by atoms with Gasteiger partial charge in [0, 0.05) is 19.2 Å². The van der Waals surface area contributed by atoms with Gasteiger partial charge >= 0.3 is 5.69 Å². The maximum absolute atomic E-state index is 11.5. The molecule has 0 radical (unpaired) electrons.